The van der Waals surface area contributed by atoms with Crippen molar-refractivity contribution in [1.29, 1.82) is 0 Å². The molecule has 4 heterocycles. The van der Waals surface area contributed by atoms with Gasteiger partial charge in [0, 0.05) is 42.4 Å². The van der Waals surface area contributed by atoms with Crippen LogP contribution in [0.25, 0.3) is 17.1 Å². The number of rotatable bonds is 4. The van der Waals surface area contributed by atoms with Gasteiger partial charge in [0.05, 0.1) is 6.26 Å². The van der Waals surface area contributed by atoms with E-state index in [0.29, 0.717) is 0 Å². The number of furan rings is 1. The Morgan fingerprint density at radius 1 is 1.17 bits per heavy atom. The zero-order chi connectivity index (χ0) is 20.7. The summed E-state index contributed by atoms with van der Waals surface area (Å²) < 4.78 is 7.47. The Balaban J connectivity index is 1.36. The first-order valence-electron chi connectivity index (χ1n) is 11.1. The molecule has 158 valence electrons. The maximum absolute atomic E-state index is 12.5. The fourth-order valence-corrected chi connectivity index (χ4v) is 4.84. The number of aromatic nitrogens is 3. The van der Waals surface area contributed by atoms with Crippen LogP contribution in [0.3, 0.4) is 0 Å². The van der Waals surface area contributed by atoms with E-state index >= 15 is 0 Å². The number of anilines is 1. The van der Waals surface area contributed by atoms with Crippen molar-refractivity contribution in [3.63, 3.8) is 0 Å². The van der Waals surface area contributed by atoms with Crippen molar-refractivity contribution in [3.05, 3.63) is 35.7 Å². The molecule has 0 aromatic carbocycles. The van der Waals surface area contributed by atoms with Crippen molar-refractivity contribution in [2.75, 3.05) is 18.0 Å². The number of hydrogen-bond acceptors (Lipinski definition) is 5. The number of nitrogens with zero attached hydrogens (tertiary/aromatic N) is 4. The minimum Gasteiger partial charge on any atom is -0.463 e. The molecule has 1 saturated carbocycles. The van der Waals surface area contributed by atoms with Crippen LogP contribution in [0.4, 0.5) is 5.82 Å². The second-order valence-electron chi connectivity index (χ2n) is 8.67. The second kappa shape index (κ2) is 7.78. The molecular formula is C23H29N5O2. The molecule has 5 rings (SSSR count). The lowest BCUT2D eigenvalue weighted by atomic mass is 10.0. The molecule has 2 fully saturated rings. The smallest absolute Gasteiger partial charge is 0.223 e. The molecule has 3 aromatic rings. The molecular weight excluding hydrogens is 378 g/mol. The summed E-state index contributed by atoms with van der Waals surface area (Å²) in [6, 6.07) is 6.03. The van der Waals surface area contributed by atoms with Crippen LogP contribution in [-0.4, -0.2) is 39.6 Å². The van der Waals surface area contributed by atoms with Crippen LogP contribution in [0.2, 0.25) is 0 Å². The lowest BCUT2D eigenvalue weighted by Gasteiger charge is -2.35. The zero-order valence-electron chi connectivity index (χ0n) is 17.7. The molecule has 1 aliphatic carbocycles. The Labute approximate surface area is 176 Å². The van der Waals surface area contributed by atoms with Gasteiger partial charge in [-0.15, -0.1) is 0 Å². The number of amides is 1. The Morgan fingerprint density at radius 2 is 1.93 bits per heavy atom. The summed E-state index contributed by atoms with van der Waals surface area (Å²) in [5.74, 6) is 2.34. The van der Waals surface area contributed by atoms with Crippen LogP contribution in [0.1, 0.15) is 49.8 Å². The molecule has 2 aliphatic rings. The lowest BCUT2D eigenvalue weighted by molar-refractivity contribution is -0.125. The van der Waals surface area contributed by atoms with Crippen molar-refractivity contribution in [2.45, 2.75) is 58.4 Å². The molecule has 3 aromatic heterocycles. The van der Waals surface area contributed by atoms with Gasteiger partial charge < -0.3 is 14.6 Å². The van der Waals surface area contributed by atoms with E-state index in [0.717, 1.165) is 72.9 Å². The normalized spacial score (nSPS) is 18.4. The molecule has 30 heavy (non-hydrogen) atoms. The quantitative estimate of drug-likeness (QED) is 0.710. The molecule has 1 saturated heterocycles. The highest BCUT2D eigenvalue weighted by Crippen LogP contribution is 2.30. The molecule has 0 radical (unpaired) electrons. The lowest BCUT2D eigenvalue weighted by Crippen LogP contribution is -2.46. The van der Waals surface area contributed by atoms with Crippen LogP contribution in [0, 0.1) is 19.8 Å². The van der Waals surface area contributed by atoms with Gasteiger partial charge in [-0.1, -0.05) is 12.8 Å². The van der Waals surface area contributed by atoms with E-state index in [2.05, 4.69) is 17.1 Å². The largest absolute Gasteiger partial charge is 0.463 e. The third-order valence-electron chi connectivity index (χ3n) is 6.69. The Hall–Kier alpha value is -2.83. The van der Waals surface area contributed by atoms with Crippen molar-refractivity contribution in [2.24, 2.45) is 5.92 Å². The van der Waals surface area contributed by atoms with Gasteiger partial charge >= 0.3 is 0 Å². The SMILES string of the molecule is Cc1nc2cc(-c3ccco3)nn2c(N2CCC(NC(=O)C3CCCC3)CC2)c1C. The number of aryl methyl sites for hydroxylation is 1. The molecule has 1 aliphatic heterocycles. The standard InChI is InChI=1S/C23H29N5O2/c1-15-16(2)24-21-14-19(20-8-5-13-30-20)26-28(21)23(15)27-11-9-18(10-12-27)25-22(29)17-6-3-4-7-17/h5,8,13-14,17-18H,3-4,6-7,9-12H2,1-2H3,(H,25,29). The average molecular weight is 408 g/mol. The van der Waals surface area contributed by atoms with Crippen LogP contribution >= 0.6 is 0 Å². The van der Waals surface area contributed by atoms with E-state index in [1.165, 1.54) is 12.8 Å². The van der Waals surface area contributed by atoms with Gasteiger partial charge in [0.1, 0.15) is 11.5 Å². The first-order chi connectivity index (χ1) is 14.6. The average Bonchev–Trinajstić information content (AvgIpc) is 3.51. The maximum atomic E-state index is 12.5. The minimum atomic E-state index is 0.233. The number of nitrogens with one attached hydrogen (secondary N) is 1. The van der Waals surface area contributed by atoms with E-state index in [4.69, 9.17) is 14.5 Å². The number of hydrogen-bond donors (Lipinski definition) is 1. The maximum Gasteiger partial charge on any atom is 0.223 e. The second-order valence-corrected chi connectivity index (χ2v) is 8.67. The van der Waals surface area contributed by atoms with Crippen molar-refractivity contribution >= 4 is 17.4 Å². The van der Waals surface area contributed by atoms with Gasteiger partial charge in [0.25, 0.3) is 0 Å². The van der Waals surface area contributed by atoms with Gasteiger partial charge in [-0.05, 0) is 51.7 Å². The van der Waals surface area contributed by atoms with E-state index in [-0.39, 0.29) is 17.9 Å². The van der Waals surface area contributed by atoms with Crippen LogP contribution in [-0.2, 0) is 4.79 Å². The van der Waals surface area contributed by atoms with Crippen LogP contribution < -0.4 is 10.2 Å². The summed E-state index contributed by atoms with van der Waals surface area (Å²) in [6.45, 7) is 5.95. The molecule has 7 nitrogen and oxygen atoms in total. The summed E-state index contributed by atoms with van der Waals surface area (Å²) in [5.41, 5.74) is 3.78. The van der Waals surface area contributed by atoms with Gasteiger partial charge in [-0.2, -0.15) is 9.61 Å². The summed E-state index contributed by atoms with van der Waals surface area (Å²) in [6.07, 6.45) is 8.05. The number of carbonyl (C=O) groups excluding carboxylic acids is 1. The number of carbonyl (C=O) groups is 1. The molecule has 7 heteroatoms. The zero-order valence-corrected chi connectivity index (χ0v) is 17.7. The van der Waals surface area contributed by atoms with Crippen molar-refractivity contribution < 1.29 is 9.21 Å². The van der Waals surface area contributed by atoms with Gasteiger partial charge in [0.15, 0.2) is 11.4 Å². The van der Waals surface area contributed by atoms with Gasteiger partial charge in [-0.25, -0.2) is 4.98 Å². The third-order valence-corrected chi connectivity index (χ3v) is 6.69. The minimum absolute atomic E-state index is 0.233. The summed E-state index contributed by atoms with van der Waals surface area (Å²) in [4.78, 5) is 19.6. The Bertz CT molecular complexity index is 1040. The fraction of sp³-hybridized carbons (Fsp3) is 0.522. The van der Waals surface area contributed by atoms with Crippen LogP contribution in [0.5, 0.6) is 0 Å². The van der Waals surface area contributed by atoms with Crippen LogP contribution in [0.15, 0.2) is 28.9 Å². The van der Waals surface area contributed by atoms with Gasteiger partial charge in [0.2, 0.25) is 5.91 Å². The molecule has 0 spiro atoms. The fourth-order valence-electron chi connectivity index (χ4n) is 4.84. The molecule has 0 unspecified atom stereocenters. The predicted molar refractivity (Wildman–Crippen MR) is 115 cm³/mol. The van der Waals surface area contributed by atoms with Crippen molar-refractivity contribution in [3.8, 4) is 11.5 Å². The summed E-state index contributed by atoms with van der Waals surface area (Å²) >= 11 is 0. The molecule has 1 amide bonds. The molecule has 1 N–H and O–H groups in total. The third kappa shape index (κ3) is 3.46. The Morgan fingerprint density at radius 3 is 2.63 bits per heavy atom. The predicted octanol–water partition coefficient (Wildman–Crippen LogP) is 3.88. The summed E-state index contributed by atoms with van der Waals surface area (Å²) in [5, 5.41) is 8.11. The number of fused-ring (bicyclic) bond motifs is 1. The highest BCUT2D eigenvalue weighted by molar-refractivity contribution is 5.79. The summed E-state index contributed by atoms with van der Waals surface area (Å²) in [7, 11) is 0. The molecule has 0 bridgehead atoms. The van der Waals surface area contributed by atoms with Gasteiger partial charge in [-0.3, -0.25) is 4.79 Å². The first-order valence-corrected chi connectivity index (χ1v) is 11.1. The highest BCUT2D eigenvalue weighted by atomic mass is 16.3. The van der Waals surface area contributed by atoms with E-state index in [1.807, 2.05) is 29.6 Å². The molecule has 0 atom stereocenters. The van der Waals surface area contributed by atoms with E-state index in [9.17, 15) is 4.79 Å². The monoisotopic (exact) mass is 407 g/mol. The number of piperidine rings is 1. The van der Waals surface area contributed by atoms with Crippen molar-refractivity contribution in [1.82, 2.24) is 19.9 Å². The first kappa shape index (κ1) is 19.2. The van der Waals surface area contributed by atoms with E-state index < -0.39 is 0 Å². The topological polar surface area (TPSA) is 75.7 Å². The Kier molecular flexibility index (Phi) is 4.97. The van der Waals surface area contributed by atoms with E-state index in [1.54, 1.807) is 6.26 Å². The highest BCUT2D eigenvalue weighted by Gasteiger charge is 2.28.